The molecule has 0 bridgehead atoms. The van der Waals surface area contributed by atoms with Crippen molar-refractivity contribution in [3.8, 4) is 0 Å². The molecule has 1 aliphatic rings. The number of halogens is 1. The zero-order valence-corrected chi connectivity index (χ0v) is 18.2. The normalized spacial score (nSPS) is 14.8. The van der Waals surface area contributed by atoms with E-state index in [1.807, 2.05) is 44.2 Å². The Bertz CT molecular complexity index is 1170. The average molecular weight is 438 g/mol. The number of H-pyrrole nitrogens is 1. The minimum Gasteiger partial charge on any atom is -0.378 e. The van der Waals surface area contributed by atoms with Gasteiger partial charge in [0.05, 0.1) is 17.8 Å². The Morgan fingerprint density at radius 1 is 1.19 bits per heavy atom. The number of rotatable bonds is 4. The standard InChI is InChI=1S/C24H24ClN3O3/c1-24(2,16-8-4-3-5-9-16)23-26-19-11-12-28(14-18(19)21(30)27-23)22(31)20(29)15-7-6-10-17(25)13-15/h3-10,13,20,29H,11-12,14H2,1-2H3,(H,26,27,30)/t20-/m1/s1. The molecule has 2 heterocycles. The van der Waals surface area contributed by atoms with E-state index in [1.54, 1.807) is 24.3 Å². The molecule has 0 saturated heterocycles. The van der Waals surface area contributed by atoms with Gasteiger partial charge in [-0.15, -0.1) is 0 Å². The van der Waals surface area contributed by atoms with Gasteiger partial charge in [-0.05, 0) is 37.1 Å². The fraction of sp³-hybridized carbons (Fsp3) is 0.292. The van der Waals surface area contributed by atoms with Gasteiger partial charge in [-0.25, -0.2) is 4.98 Å². The predicted molar refractivity (Wildman–Crippen MR) is 119 cm³/mol. The number of carbonyl (C=O) groups is 1. The highest BCUT2D eigenvalue weighted by Gasteiger charge is 2.32. The van der Waals surface area contributed by atoms with Crippen LogP contribution < -0.4 is 5.56 Å². The summed E-state index contributed by atoms with van der Waals surface area (Å²) in [4.78, 5) is 34.9. The minimum atomic E-state index is -1.33. The summed E-state index contributed by atoms with van der Waals surface area (Å²) in [5.41, 5.74) is 1.92. The second kappa shape index (κ2) is 8.29. The van der Waals surface area contributed by atoms with E-state index in [4.69, 9.17) is 16.6 Å². The molecular weight excluding hydrogens is 414 g/mol. The van der Waals surface area contributed by atoms with Crippen LogP contribution >= 0.6 is 11.6 Å². The highest BCUT2D eigenvalue weighted by atomic mass is 35.5. The first-order valence-electron chi connectivity index (χ1n) is 10.2. The van der Waals surface area contributed by atoms with E-state index in [2.05, 4.69) is 4.98 Å². The number of carbonyl (C=O) groups excluding carboxylic acids is 1. The zero-order chi connectivity index (χ0) is 22.2. The predicted octanol–water partition coefficient (Wildman–Crippen LogP) is 3.37. The number of hydrogen-bond donors (Lipinski definition) is 2. The molecule has 0 fully saturated rings. The number of aliphatic hydroxyl groups excluding tert-OH is 1. The van der Waals surface area contributed by atoms with Crippen molar-refractivity contribution in [2.45, 2.75) is 38.3 Å². The number of nitrogens with one attached hydrogen (secondary N) is 1. The van der Waals surface area contributed by atoms with Crippen molar-refractivity contribution < 1.29 is 9.90 Å². The summed E-state index contributed by atoms with van der Waals surface area (Å²) in [5, 5.41) is 11.0. The Morgan fingerprint density at radius 3 is 2.65 bits per heavy atom. The molecule has 160 valence electrons. The van der Waals surface area contributed by atoms with Crippen molar-refractivity contribution in [2.24, 2.45) is 0 Å². The summed E-state index contributed by atoms with van der Waals surface area (Å²) in [5.74, 6) is 0.141. The number of benzene rings is 2. The van der Waals surface area contributed by atoms with Crippen molar-refractivity contribution in [3.05, 3.63) is 98.2 Å². The number of fused-ring (bicyclic) bond motifs is 1. The molecule has 7 heteroatoms. The second-order valence-electron chi connectivity index (χ2n) is 8.30. The van der Waals surface area contributed by atoms with Crippen molar-refractivity contribution in [3.63, 3.8) is 0 Å². The molecule has 2 aromatic carbocycles. The quantitative estimate of drug-likeness (QED) is 0.655. The average Bonchev–Trinajstić information content (AvgIpc) is 2.78. The third-order valence-electron chi connectivity index (χ3n) is 5.87. The third kappa shape index (κ3) is 4.13. The van der Waals surface area contributed by atoms with Gasteiger partial charge in [-0.1, -0.05) is 54.1 Å². The van der Waals surface area contributed by atoms with Gasteiger partial charge in [0, 0.05) is 23.4 Å². The van der Waals surface area contributed by atoms with E-state index < -0.39 is 17.4 Å². The molecular formula is C24H24ClN3O3. The van der Waals surface area contributed by atoms with Gasteiger partial charge in [-0.3, -0.25) is 9.59 Å². The molecule has 1 aliphatic heterocycles. The van der Waals surface area contributed by atoms with E-state index in [9.17, 15) is 14.7 Å². The molecule has 4 rings (SSSR count). The molecule has 0 aliphatic carbocycles. The first-order valence-corrected chi connectivity index (χ1v) is 10.6. The highest BCUT2D eigenvalue weighted by molar-refractivity contribution is 6.30. The lowest BCUT2D eigenvalue weighted by molar-refractivity contribution is -0.141. The van der Waals surface area contributed by atoms with Gasteiger partial charge in [0.15, 0.2) is 6.10 Å². The lowest BCUT2D eigenvalue weighted by Crippen LogP contribution is -2.42. The largest absolute Gasteiger partial charge is 0.378 e. The van der Waals surface area contributed by atoms with Gasteiger partial charge in [-0.2, -0.15) is 0 Å². The molecule has 0 radical (unpaired) electrons. The maximum Gasteiger partial charge on any atom is 0.256 e. The number of aromatic nitrogens is 2. The van der Waals surface area contributed by atoms with Gasteiger partial charge >= 0.3 is 0 Å². The van der Waals surface area contributed by atoms with Crippen molar-refractivity contribution in [1.29, 1.82) is 0 Å². The molecule has 1 atom stereocenters. The Labute approximate surface area is 185 Å². The molecule has 0 unspecified atom stereocenters. The first kappa shape index (κ1) is 21.3. The Kier molecular flexibility index (Phi) is 5.69. The molecule has 6 nitrogen and oxygen atoms in total. The van der Waals surface area contributed by atoms with Crippen LogP contribution in [0.4, 0.5) is 0 Å². The van der Waals surface area contributed by atoms with Crippen LogP contribution in [-0.4, -0.2) is 32.4 Å². The Morgan fingerprint density at radius 2 is 1.94 bits per heavy atom. The number of hydrogen-bond acceptors (Lipinski definition) is 4. The van der Waals surface area contributed by atoms with E-state index in [0.29, 0.717) is 40.6 Å². The van der Waals surface area contributed by atoms with E-state index in [1.165, 1.54) is 4.90 Å². The number of nitrogens with zero attached hydrogens (tertiary/aromatic N) is 2. The Hall–Kier alpha value is -2.96. The van der Waals surface area contributed by atoms with Crippen molar-refractivity contribution in [1.82, 2.24) is 14.9 Å². The summed E-state index contributed by atoms with van der Waals surface area (Å²) in [6.07, 6.45) is -0.880. The summed E-state index contributed by atoms with van der Waals surface area (Å²) >= 11 is 5.97. The molecule has 0 saturated carbocycles. The van der Waals surface area contributed by atoms with Crippen LogP contribution in [0.15, 0.2) is 59.4 Å². The SMILES string of the molecule is CC(C)(c1ccccc1)c1nc2c(c(=O)[nH]1)CN(C(=O)[C@H](O)c1cccc(Cl)c1)CC2. The maximum absolute atomic E-state index is 12.9. The van der Waals surface area contributed by atoms with Crippen LogP contribution in [0, 0.1) is 0 Å². The van der Waals surface area contributed by atoms with Crippen LogP contribution in [0.1, 0.15) is 48.2 Å². The van der Waals surface area contributed by atoms with Gasteiger partial charge in [0.25, 0.3) is 11.5 Å². The second-order valence-corrected chi connectivity index (χ2v) is 8.73. The summed E-state index contributed by atoms with van der Waals surface area (Å²) in [7, 11) is 0. The van der Waals surface area contributed by atoms with Gasteiger partial charge in [0.2, 0.25) is 0 Å². The number of amides is 1. The maximum atomic E-state index is 12.9. The number of aliphatic hydroxyl groups is 1. The van der Waals surface area contributed by atoms with Crippen LogP contribution in [0.2, 0.25) is 5.02 Å². The third-order valence-corrected chi connectivity index (χ3v) is 6.10. The monoisotopic (exact) mass is 437 g/mol. The molecule has 31 heavy (non-hydrogen) atoms. The van der Waals surface area contributed by atoms with E-state index in [0.717, 1.165) is 5.56 Å². The summed E-state index contributed by atoms with van der Waals surface area (Å²) in [6, 6.07) is 16.5. The lowest BCUT2D eigenvalue weighted by Gasteiger charge is -2.31. The molecule has 3 aromatic rings. The first-order chi connectivity index (χ1) is 14.8. The van der Waals surface area contributed by atoms with Gasteiger partial charge in [0.1, 0.15) is 5.82 Å². The van der Waals surface area contributed by atoms with E-state index in [-0.39, 0.29) is 12.1 Å². The van der Waals surface area contributed by atoms with Crippen LogP contribution in [0.5, 0.6) is 0 Å². The number of aromatic amines is 1. The van der Waals surface area contributed by atoms with Crippen molar-refractivity contribution >= 4 is 17.5 Å². The topological polar surface area (TPSA) is 86.3 Å². The smallest absolute Gasteiger partial charge is 0.256 e. The fourth-order valence-electron chi connectivity index (χ4n) is 3.89. The van der Waals surface area contributed by atoms with E-state index >= 15 is 0 Å². The van der Waals surface area contributed by atoms with Crippen LogP contribution in [0.3, 0.4) is 0 Å². The molecule has 0 spiro atoms. The molecule has 1 amide bonds. The minimum absolute atomic E-state index is 0.111. The summed E-state index contributed by atoms with van der Waals surface area (Å²) < 4.78 is 0. The lowest BCUT2D eigenvalue weighted by atomic mass is 9.83. The van der Waals surface area contributed by atoms with Crippen LogP contribution in [-0.2, 0) is 23.2 Å². The van der Waals surface area contributed by atoms with Gasteiger partial charge < -0.3 is 15.0 Å². The molecule has 2 N–H and O–H groups in total. The van der Waals surface area contributed by atoms with Crippen LogP contribution in [0.25, 0.3) is 0 Å². The fourth-order valence-corrected chi connectivity index (χ4v) is 4.09. The van der Waals surface area contributed by atoms with Crippen molar-refractivity contribution in [2.75, 3.05) is 6.54 Å². The Balaban J connectivity index is 1.59. The zero-order valence-electron chi connectivity index (χ0n) is 17.4. The molecule has 1 aromatic heterocycles. The summed E-state index contributed by atoms with van der Waals surface area (Å²) in [6.45, 7) is 4.53. The highest BCUT2D eigenvalue weighted by Crippen LogP contribution is 2.29.